The lowest BCUT2D eigenvalue weighted by Gasteiger charge is -2.24. The van der Waals surface area contributed by atoms with Gasteiger partial charge in [0, 0.05) is 43.7 Å². The molecule has 1 aliphatic heterocycles. The Morgan fingerprint density at radius 2 is 1.80 bits per heavy atom. The van der Waals surface area contributed by atoms with Gasteiger partial charge in [0.2, 0.25) is 11.8 Å². The lowest BCUT2D eigenvalue weighted by atomic mass is 9.87. The third kappa shape index (κ3) is 4.14. The van der Waals surface area contributed by atoms with Crippen molar-refractivity contribution in [1.29, 1.82) is 0 Å². The van der Waals surface area contributed by atoms with E-state index in [-0.39, 0.29) is 17.7 Å². The molecular weight excluding hydrogens is 376 g/mol. The molecule has 2 unspecified atom stereocenters. The molecule has 2 aromatic heterocycles. The first-order chi connectivity index (χ1) is 14.8. The van der Waals surface area contributed by atoms with Crippen LogP contribution in [-0.4, -0.2) is 39.0 Å². The van der Waals surface area contributed by atoms with Crippen LogP contribution in [0.3, 0.4) is 0 Å². The summed E-state index contributed by atoms with van der Waals surface area (Å²) in [6.45, 7) is 1.38. The minimum Gasteiger partial charge on any atom is -0.341 e. The minimum atomic E-state index is 0.0483. The molecule has 3 fully saturated rings. The summed E-state index contributed by atoms with van der Waals surface area (Å²) in [5.41, 5.74) is 1.15. The maximum absolute atomic E-state index is 13.1. The maximum Gasteiger partial charge on any atom is 0.232 e. The Labute approximate surface area is 178 Å². The standard InChI is InChI=1S/C24H32N4O2/c29-22(13-17-7-2-1-3-8-17)28-15-20(19-11-6-12-25-14-19)21(16-28)24-26-23(27-30-24)18-9-4-5-10-18/h6,11-12,14,17-18,20-21H,1-5,7-10,13,15-16H2. The molecule has 3 aliphatic rings. The molecule has 5 rings (SSSR count). The highest BCUT2D eigenvalue weighted by atomic mass is 16.5. The minimum absolute atomic E-state index is 0.0483. The molecule has 1 amide bonds. The molecule has 160 valence electrons. The number of likely N-dealkylation sites (tertiary alicyclic amines) is 1. The number of carbonyl (C=O) groups is 1. The number of amides is 1. The van der Waals surface area contributed by atoms with Gasteiger partial charge in [-0.25, -0.2) is 0 Å². The van der Waals surface area contributed by atoms with E-state index in [1.807, 2.05) is 17.2 Å². The fourth-order valence-electron chi connectivity index (χ4n) is 5.71. The predicted molar refractivity (Wildman–Crippen MR) is 113 cm³/mol. The first kappa shape index (κ1) is 19.7. The van der Waals surface area contributed by atoms with Crippen LogP contribution in [0.2, 0.25) is 0 Å². The lowest BCUT2D eigenvalue weighted by Crippen LogP contribution is -2.30. The predicted octanol–water partition coefficient (Wildman–Crippen LogP) is 4.80. The van der Waals surface area contributed by atoms with Crippen molar-refractivity contribution in [3.05, 3.63) is 41.8 Å². The molecule has 6 heteroatoms. The first-order valence-electron chi connectivity index (χ1n) is 11.8. The van der Waals surface area contributed by atoms with E-state index >= 15 is 0 Å². The van der Waals surface area contributed by atoms with Crippen molar-refractivity contribution in [3.8, 4) is 0 Å². The van der Waals surface area contributed by atoms with Gasteiger partial charge in [-0.1, -0.05) is 43.3 Å². The largest absolute Gasteiger partial charge is 0.341 e. The molecule has 0 bridgehead atoms. The van der Waals surface area contributed by atoms with Crippen molar-refractivity contribution < 1.29 is 9.32 Å². The van der Waals surface area contributed by atoms with Gasteiger partial charge in [0.25, 0.3) is 0 Å². The van der Waals surface area contributed by atoms with Crippen LogP contribution in [0.4, 0.5) is 0 Å². The Hall–Kier alpha value is -2.24. The highest BCUT2D eigenvalue weighted by Crippen LogP contribution is 2.41. The normalized spacial score (nSPS) is 25.8. The molecule has 0 radical (unpaired) electrons. The fraction of sp³-hybridized carbons (Fsp3) is 0.667. The summed E-state index contributed by atoms with van der Waals surface area (Å²) >= 11 is 0. The van der Waals surface area contributed by atoms with E-state index < -0.39 is 0 Å². The monoisotopic (exact) mass is 408 g/mol. The van der Waals surface area contributed by atoms with E-state index in [1.165, 1.54) is 44.9 Å². The Kier molecular flexibility index (Phi) is 5.82. The molecule has 2 aromatic rings. The van der Waals surface area contributed by atoms with Gasteiger partial charge in [0.15, 0.2) is 5.82 Å². The molecule has 0 N–H and O–H groups in total. The van der Waals surface area contributed by atoms with Crippen molar-refractivity contribution >= 4 is 5.91 Å². The van der Waals surface area contributed by atoms with Crippen molar-refractivity contribution in [1.82, 2.24) is 20.0 Å². The molecular formula is C24H32N4O2. The summed E-state index contributed by atoms with van der Waals surface area (Å²) in [6, 6.07) is 4.07. The highest BCUT2D eigenvalue weighted by molar-refractivity contribution is 5.77. The zero-order valence-corrected chi connectivity index (χ0v) is 17.7. The van der Waals surface area contributed by atoms with Gasteiger partial charge in [0.1, 0.15) is 0 Å². The van der Waals surface area contributed by atoms with Crippen molar-refractivity contribution in [2.75, 3.05) is 13.1 Å². The van der Waals surface area contributed by atoms with Crippen LogP contribution in [0, 0.1) is 5.92 Å². The number of aromatic nitrogens is 3. The topological polar surface area (TPSA) is 72.1 Å². The van der Waals surface area contributed by atoms with E-state index in [0.29, 0.717) is 37.2 Å². The van der Waals surface area contributed by atoms with Gasteiger partial charge in [-0.2, -0.15) is 4.98 Å². The third-order valence-corrected chi connectivity index (χ3v) is 7.47. The zero-order valence-electron chi connectivity index (χ0n) is 17.7. The van der Waals surface area contributed by atoms with Crippen LogP contribution in [0.1, 0.15) is 99.2 Å². The molecule has 2 aliphatic carbocycles. The first-order valence-corrected chi connectivity index (χ1v) is 11.8. The molecule has 3 heterocycles. The Morgan fingerprint density at radius 1 is 1.03 bits per heavy atom. The second-order valence-corrected chi connectivity index (χ2v) is 9.48. The number of hydrogen-bond acceptors (Lipinski definition) is 5. The van der Waals surface area contributed by atoms with Crippen LogP contribution < -0.4 is 0 Å². The lowest BCUT2D eigenvalue weighted by molar-refractivity contribution is -0.131. The smallest absolute Gasteiger partial charge is 0.232 e. The molecule has 30 heavy (non-hydrogen) atoms. The van der Waals surface area contributed by atoms with E-state index in [4.69, 9.17) is 9.51 Å². The Balaban J connectivity index is 1.34. The highest BCUT2D eigenvalue weighted by Gasteiger charge is 2.41. The van der Waals surface area contributed by atoms with E-state index in [2.05, 4.69) is 16.2 Å². The van der Waals surface area contributed by atoms with E-state index in [9.17, 15) is 4.79 Å². The van der Waals surface area contributed by atoms with Crippen LogP contribution in [0.15, 0.2) is 29.0 Å². The van der Waals surface area contributed by atoms with Gasteiger partial charge in [-0.15, -0.1) is 0 Å². The number of nitrogens with zero attached hydrogens (tertiary/aromatic N) is 4. The fourth-order valence-corrected chi connectivity index (χ4v) is 5.71. The van der Waals surface area contributed by atoms with Gasteiger partial charge in [-0.05, 0) is 43.2 Å². The Bertz CT molecular complexity index is 840. The number of rotatable bonds is 5. The van der Waals surface area contributed by atoms with Gasteiger partial charge < -0.3 is 9.42 Å². The van der Waals surface area contributed by atoms with Crippen LogP contribution in [0.25, 0.3) is 0 Å². The molecule has 0 spiro atoms. The van der Waals surface area contributed by atoms with Crippen molar-refractivity contribution in [2.45, 2.75) is 82.0 Å². The number of hydrogen-bond donors (Lipinski definition) is 0. The summed E-state index contributed by atoms with van der Waals surface area (Å²) in [4.78, 5) is 24.3. The molecule has 6 nitrogen and oxygen atoms in total. The van der Waals surface area contributed by atoms with E-state index in [1.54, 1.807) is 6.20 Å². The quantitative estimate of drug-likeness (QED) is 0.710. The zero-order chi connectivity index (χ0) is 20.3. The third-order valence-electron chi connectivity index (χ3n) is 7.47. The van der Waals surface area contributed by atoms with Gasteiger partial charge >= 0.3 is 0 Å². The summed E-state index contributed by atoms with van der Waals surface area (Å²) in [6.07, 6.45) is 15.5. The summed E-state index contributed by atoms with van der Waals surface area (Å²) in [5.74, 6) is 3.04. The molecule has 2 saturated carbocycles. The van der Waals surface area contributed by atoms with Crippen molar-refractivity contribution in [2.24, 2.45) is 5.92 Å². The molecule has 2 atom stereocenters. The average molecular weight is 409 g/mol. The van der Waals surface area contributed by atoms with Gasteiger partial charge in [0.05, 0.1) is 5.92 Å². The van der Waals surface area contributed by atoms with Crippen molar-refractivity contribution in [3.63, 3.8) is 0 Å². The number of pyridine rings is 1. The van der Waals surface area contributed by atoms with Crippen LogP contribution >= 0.6 is 0 Å². The van der Waals surface area contributed by atoms with Crippen LogP contribution in [0.5, 0.6) is 0 Å². The summed E-state index contributed by atoms with van der Waals surface area (Å²) in [5, 5.41) is 4.33. The summed E-state index contributed by atoms with van der Waals surface area (Å²) < 4.78 is 5.77. The van der Waals surface area contributed by atoms with Gasteiger partial charge in [-0.3, -0.25) is 9.78 Å². The molecule has 1 saturated heterocycles. The van der Waals surface area contributed by atoms with E-state index in [0.717, 1.165) is 24.2 Å². The average Bonchev–Trinajstić information content (AvgIpc) is 3.55. The summed E-state index contributed by atoms with van der Waals surface area (Å²) in [7, 11) is 0. The maximum atomic E-state index is 13.1. The Morgan fingerprint density at radius 3 is 2.57 bits per heavy atom. The second-order valence-electron chi connectivity index (χ2n) is 9.48. The SMILES string of the molecule is O=C(CC1CCCCC1)N1CC(c2cccnc2)C(c2nc(C3CCCC3)no2)C1. The molecule has 0 aromatic carbocycles. The second kappa shape index (κ2) is 8.86. The number of carbonyl (C=O) groups excluding carboxylic acids is 1. The van der Waals surface area contributed by atoms with Crippen LogP contribution in [-0.2, 0) is 4.79 Å².